The topological polar surface area (TPSA) is 69.4 Å². The van der Waals surface area contributed by atoms with Gasteiger partial charge in [-0.25, -0.2) is 0 Å². The van der Waals surface area contributed by atoms with Gasteiger partial charge in [-0.05, 0) is 55.7 Å². The van der Waals surface area contributed by atoms with Crippen LogP contribution in [0.5, 0.6) is 11.5 Å². The van der Waals surface area contributed by atoms with E-state index in [9.17, 15) is 14.9 Å². The second-order valence-corrected chi connectivity index (χ2v) is 4.93. The molecule has 0 N–H and O–H groups in total. The summed E-state index contributed by atoms with van der Waals surface area (Å²) in [7, 11) is 0. The summed E-state index contributed by atoms with van der Waals surface area (Å²) >= 11 is 0. The van der Waals surface area contributed by atoms with Crippen LogP contribution in [0.1, 0.15) is 27.0 Å². The van der Waals surface area contributed by atoms with E-state index in [1.54, 1.807) is 39.0 Å². The molecule has 0 unspecified atom stereocenters. The number of nitro groups is 1. The van der Waals surface area contributed by atoms with Crippen LogP contribution >= 0.6 is 0 Å². The summed E-state index contributed by atoms with van der Waals surface area (Å²) < 4.78 is 5.68. The number of carbonyl (C=O) groups excluding carboxylic acids is 1. The lowest BCUT2D eigenvalue weighted by atomic mass is 10.1. The van der Waals surface area contributed by atoms with E-state index in [0.717, 1.165) is 17.4 Å². The molecule has 0 atom stereocenters. The van der Waals surface area contributed by atoms with Crippen molar-refractivity contribution in [3.8, 4) is 11.5 Å². The first kappa shape index (κ1) is 14.7. The van der Waals surface area contributed by atoms with Crippen molar-refractivity contribution < 1.29 is 14.5 Å². The van der Waals surface area contributed by atoms with Crippen molar-refractivity contribution >= 4 is 12.0 Å². The van der Waals surface area contributed by atoms with Crippen molar-refractivity contribution in [1.29, 1.82) is 0 Å². The van der Waals surface area contributed by atoms with Gasteiger partial charge in [0.05, 0.1) is 4.92 Å². The summed E-state index contributed by atoms with van der Waals surface area (Å²) in [5.41, 5.74) is 2.76. The molecular formula is C16H15NO4. The molecule has 5 heteroatoms. The molecule has 0 spiro atoms. The standard InChI is InChI=1S/C16H15NO4/c1-10-6-12(3)16(15(7-10)17(19)20)21-14-5-4-13(9-18)11(2)8-14/h4-9H,1-3H3. The largest absolute Gasteiger partial charge is 0.450 e. The van der Waals surface area contributed by atoms with E-state index in [1.807, 2.05) is 6.07 Å². The molecule has 0 radical (unpaired) electrons. The number of benzene rings is 2. The lowest BCUT2D eigenvalue weighted by Gasteiger charge is -2.11. The highest BCUT2D eigenvalue weighted by molar-refractivity contribution is 5.77. The van der Waals surface area contributed by atoms with E-state index in [-0.39, 0.29) is 11.4 Å². The third kappa shape index (κ3) is 3.08. The normalized spacial score (nSPS) is 10.2. The van der Waals surface area contributed by atoms with Crippen molar-refractivity contribution in [2.24, 2.45) is 0 Å². The van der Waals surface area contributed by atoms with Gasteiger partial charge < -0.3 is 4.74 Å². The first-order valence-electron chi connectivity index (χ1n) is 6.41. The van der Waals surface area contributed by atoms with Crippen LogP contribution in [0.25, 0.3) is 0 Å². The molecule has 0 fully saturated rings. The van der Waals surface area contributed by atoms with Crippen molar-refractivity contribution in [1.82, 2.24) is 0 Å². The SMILES string of the molecule is Cc1cc(C)c(Oc2ccc(C=O)c(C)c2)c([N+](=O)[O-])c1. The van der Waals surface area contributed by atoms with Gasteiger partial charge in [-0.15, -0.1) is 0 Å². The maximum Gasteiger partial charge on any atom is 0.312 e. The molecule has 108 valence electrons. The quantitative estimate of drug-likeness (QED) is 0.481. The Labute approximate surface area is 122 Å². The smallest absolute Gasteiger partial charge is 0.312 e. The molecule has 0 bridgehead atoms. The number of nitrogens with zero attached hydrogens (tertiary/aromatic N) is 1. The fourth-order valence-electron chi connectivity index (χ4n) is 2.16. The van der Waals surface area contributed by atoms with Crippen LogP contribution < -0.4 is 4.74 Å². The summed E-state index contributed by atoms with van der Waals surface area (Å²) in [6, 6.07) is 8.25. The zero-order valence-corrected chi connectivity index (χ0v) is 12.0. The van der Waals surface area contributed by atoms with Gasteiger partial charge in [0.15, 0.2) is 0 Å². The Balaban J connectivity index is 2.46. The van der Waals surface area contributed by atoms with Crippen LogP contribution in [0.15, 0.2) is 30.3 Å². The molecule has 21 heavy (non-hydrogen) atoms. The summed E-state index contributed by atoms with van der Waals surface area (Å²) in [6.45, 7) is 5.35. The zero-order chi connectivity index (χ0) is 15.6. The Morgan fingerprint density at radius 1 is 1.10 bits per heavy atom. The lowest BCUT2D eigenvalue weighted by molar-refractivity contribution is -0.385. The first-order valence-corrected chi connectivity index (χ1v) is 6.41. The van der Waals surface area contributed by atoms with Crippen LogP contribution in [-0.2, 0) is 0 Å². The predicted molar refractivity (Wildman–Crippen MR) is 79.2 cm³/mol. The molecule has 0 aliphatic rings. The van der Waals surface area contributed by atoms with Gasteiger partial charge in [0.25, 0.3) is 0 Å². The molecule has 0 aliphatic heterocycles. The fraction of sp³-hybridized carbons (Fsp3) is 0.188. The molecule has 0 saturated heterocycles. The summed E-state index contributed by atoms with van der Waals surface area (Å²) in [5.74, 6) is 0.692. The van der Waals surface area contributed by atoms with Gasteiger partial charge in [-0.2, -0.15) is 0 Å². The van der Waals surface area contributed by atoms with Crippen molar-refractivity contribution in [2.75, 3.05) is 0 Å². The van der Waals surface area contributed by atoms with E-state index in [0.29, 0.717) is 16.9 Å². The number of hydrogen-bond acceptors (Lipinski definition) is 4. The molecule has 2 aromatic carbocycles. The van der Waals surface area contributed by atoms with Crippen LogP contribution in [0, 0.1) is 30.9 Å². The van der Waals surface area contributed by atoms with Gasteiger partial charge in [0, 0.05) is 11.6 Å². The van der Waals surface area contributed by atoms with E-state index in [4.69, 9.17) is 4.74 Å². The Morgan fingerprint density at radius 3 is 2.38 bits per heavy atom. The minimum absolute atomic E-state index is 0.0652. The van der Waals surface area contributed by atoms with Gasteiger partial charge in [-0.1, -0.05) is 6.07 Å². The highest BCUT2D eigenvalue weighted by Gasteiger charge is 2.19. The molecule has 5 nitrogen and oxygen atoms in total. The fourth-order valence-corrected chi connectivity index (χ4v) is 2.16. The number of ether oxygens (including phenoxy) is 1. The molecule has 0 heterocycles. The van der Waals surface area contributed by atoms with E-state index < -0.39 is 4.92 Å². The second kappa shape index (κ2) is 5.75. The zero-order valence-electron chi connectivity index (χ0n) is 12.0. The number of carbonyl (C=O) groups is 1. The number of nitro benzene ring substituents is 1. The lowest BCUT2D eigenvalue weighted by Crippen LogP contribution is -1.97. The van der Waals surface area contributed by atoms with Crippen LogP contribution in [-0.4, -0.2) is 11.2 Å². The summed E-state index contributed by atoms with van der Waals surface area (Å²) in [4.78, 5) is 21.5. The molecular weight excluding hydrogens is 270 g/mol. The molecule has 2 aromatic rings. The van der Waals surface area contributed by atoms with Crippen molar-refractivity contribution in [3.63, 3.8) is 0 Å². The van der Waals surface area contributed by atoms with Gasteiger partial charge >= 0.3 is 5.69 Å². The predicted octanol–water partition coefficient (Wildman–Crippen LogP) is 4.12. The Kier molecular flexibility index (Phi) is 4.03. The average molecular weight is 285 g/mol. The van der Waals surface area contributed by atoms with Crippen molar-refractivity contribution in [3.05, 3.63) is 62.7 Å². The monoisotopic (exact) mass is 285 g/mol. The molecule has 0 saturated carbocycles. The number of rotatable bonds is 4. The Bertz CT molecular complexity index is 722. The minimum Gasteiger partial charge on any atom is -0.450 e. The van der Waals surface area contributed by atoms with Crippen LogP contribution in [0.4, 0.5) is 5.69 Å². The number of aryl methyl sites for hydroxylation is 3. The van der Waals surface area contributed by atoms with Gasteiger partial charge in [0.2, 0.25) is 5.75 Å². The highest BCUT2D eigenvalue weighted by atomic mass is 16.6. The third-order valence-electron chi connectivity index (χ3n) is 3.18. The minimum atomic E-state index is -0.456. The van der Waals surface area contributed by atoms with Gasteiger partial charge in [0.1, 0.15) is 12.0 Å². The highest BCUT2D eigenvalue weighted by Crippen LogP contribution is 2.36. The summed E-state index contributed by atoms with van der Waals surface area (Å²) in [5, 5.41) is 11.2. The van der Waals surface area contributed by atoms with Crippen LogP contribution in [0.2, 0.25) is 0 Å². The maximum atomic E-state index is 11.2. The van der Waals surface area contributed by atoms with E-state index in [1.165, 1.54) is 6.07 Å². The van der Waals surface area contributed by atoms with Crippen LogP contribution in [0.3, 0.4) is 0 Å². The van der Waals surface area contributed by atoms with Crippen molar-refractivity contribution in [2.45, 2.75) is 20.8 Å². The Hall–Kier alpha value is -2.69. The van der Waals surface area contributed by atoms with E-state index >= 15 is 0 Å². The second-order valence-electron chi connectivity index (χ2n) is 4.93. The third-order valence-corrected chi connectivity index (χ3v) is 3.18. The average Bonchev–Trinajstić information content (AvgIpc) is 2.41. The Morgan fingerprint density at radius 2 is 1.81 bits per heavy atom. The number of hydrogen-bond donors (Lipinski definition) is 0. The molecule has 0 aliphatic carbocycles. The van der Waals surface area contributed by atoms with E-state index in [2.05, 4.69) is 0 Å². The van der Waals surface area contributed by atoms with Gasteiger partial charge in [-0.3, -0.25) is 14.9 Å². The maximum absolute atomic E-state index is 11.2. The first-order chi connectivity index (χ1) is 9.92. The summed E-state index contributed by atoms with van der Waals surface area (Å²) in [6.07, 6.45) is 0.763. The molecule has 0 amide bonds. The number of aldehydes is 1. The molecule has 0 aromatic heterocycles. The molecule has 2 rings (SSSR count).